The van der Waals surface area contributed by atoms with E-state index in [1.54, 1.807) is 41.0 Å². The molecule has 3 aromatic rings. The van der Waals surface area contributed by atoms with E-state index in [1.165, 1.54) is 4.31 Å². The molecule has 7 nitrogen and oxygen atoms in total. The molecule has 1 atom stereocenters. The van der Waals surface area contributed by atoms with Crippen molar-refractivity contribution in [2.24, 2.45) is 5.92 Å². The maximum Gasteiger partial charge on any atom is 0.323 e. The van der Waals surface area contributed by atoms with E-state index in [1.807, 2.05) is 26.1 Å². The Hall–Kier alpha value is -2.55. The summed E-state index contributed by atoms with van der Waals surface area (Å²) in [5, 5.41) is 10.7. The van der Waals surface area contributed by atoms with Crippen molar-refractivity contribution in [1.29, 1.82) is 0 Å². The number of benzene rings is 2. The molecule has 2 heterocycles. The molecule has 176 valence electrons. The zero-order chi connectivity index (χ0) is 23.8. The standard InChI is InChI=1S/C24H27ClN2O5S/c1-16(2)32-20-4-6-21(7-5-20)33(30,31)27-10-9-17(13-27)11-18-14-26(15-24(28)29)23-12-19(25)3-8-22(18)23/h3-8,12,14,16-17H,9-11,13,15H2,1-2H3,(H,28,29). The highest BCUT2D eigenvalue weighted by molar-refractivity contribution is 7.89. The average molecular weight is 491 g/mol. The van der Waals surface area contributed by atoms with Gasteiger partial charge < -0.3 is 14.4 Å². The molecule has 2 aromatic carbocycles. The van der Waals surface area contributed by atoms with Crippen LogP contribution in [0.1, 0.15) is 25.8 Å². The normalized spacial score (nSPS) is 17.2. The Morgan fingerprint density at radius 1 is 1.21 bits per heavy atom. The van der Waals surface area contributed by atoms with Crippen LogP contribution in [0.3, 0.4) is 0 Å². The molecular weight excluding hydrogens is 464 g/mol. The van der Waals surface area contributed by atoms with Crippen LogP contribution in [-0.2, 0) is 27.8 Å². The second-order valence-corrected chi connectivity index (χ2v) is 11.1. The summed E-state index contributed by atoms with van der Waals surface area (Å²) in [5.74, 6) is -0.148. The first kappa shape index (κ1) is 23.6. The van der Waals surface area contributed by atoms with Gasteiger partial charge in [-0.25, -0.2) is 8.42 Å². The molecule has 1 saturated heterocycles. The number of carboxylic acid groups (broad SMARTS) is 1. The Bertz CT molecular complexity index is 1270. The number of hydrogen-bond donors (Lipinski definition) is 1. The van der Waals surface area contributed by atoms with Crippen LogP contribution in [0.25, 0.3) is 10.9 Å². The fraction of sp³-hybridized carbons (Fsp3) is 0.375. The third kappa shape index (κ3) is 5.18. The molecule has 0 radical (unpaired) electrons. The molecule has 1 aliphatic heterocycles. The average Bonchev–Trinajstić information content (AvgIpc) is 3.33. The second-order valence-electron chi connectivity index (χ2n) is 8.70. The quantitative estimate of drug-likeness (QED) is 0.505. The van der Waals surface area contributed by atoms with E-state index in [9.17, 15) is 18.3 Å². The SMILES string of the molecule is CC(C)Oc1ccc(S(=O)(=O)N2CCC(Cc3cn(CC(=O)O)c4cc(Cl)ccc34)C2)cc1. The van der Waals surface area contributed by atoms with Crippen molar-refractivity contribution in [3.8, 4) is 5.75 Å². The number of aromatic nitrogens is 1. The highest BCUT2D eigenvalue weighted by Crippen LogP contribution is 2.31. The van der Waals surface area contributed by atoms with Gasteiger partial charge in [0.2, 0.25) is 10.0 Å². The van der Waals surface area contributed by atoms with Crippen molar-refractivity contribution in [1.82, 2.24) is 8.87 Å². The van der Waals surface area contributed by atoms with E-state index in [0.717, 1.165) is 22.9 Å². The van der Waals surface area contributed by atoms with Gasteiger partial charge in [-0.2, -0.15) is 4.31 Å². The lowest BCUT2D eigenvalue weighted by molar-refractivity contribution is -0.137. The zero-order valence-corrected chi connectivity index (χ0v) is 20.1. The minimum Gasteiger partial charge on any atom is -0.491 e. The maximum atomic E-state index is 13.1. The Morgan fingerprint density at radius 2 is 1.94 bits per heavy atom. The number of rotatable bonds is 8. The van der Waals surface area contributed by atoms with E-state index in [4.69, 9.17) is 16.3 Å². The van der Waals surface area contributed by atoms with Crippen LogP contribution >= 0.6 is 11.6 Å². The van der Waals surface area contributed by atoms with Crippen LogP contribution in [0.2, 0.25) is 5.02 Å². The van der Waals surface area contributed by atoms with Crippen molar-refractivity contribution in [3.05, 3.63) is 59.2 Å². The lowest BCUT2D eigenvalue weighted by Crippen LogP contribution is -2.29. The predicted octanol–water partition coefficient (Wildman–Crippen LogP) is 4.42. The van der Waals surface area contributed by atoms with Crippen LogP contribution < -0.4 is 4.74 Å². The van der Waals surface area contributed by atoms with Crippen molar-refractivity contribution < 1.29 is 23.1 Å². The predicted molar refractivity (Wildman–Crippen MR) is 127 cm³/mol. The molecule has 0 amide bonds. The number of halogens is 1. The topological polar surface area (TPSA) is 88.8 Å². The molecule has 1 aliphatic rings. The Labute approximate surface area is 198 Å². The maximum absolute atomic E-state index is 13.1. The molecule has 33 heavy (non-hydrogen) atoms. The molecule has 0 aliphatic carbocycles. The Balaban J connectivity index is 1.50. The zero-order valence-electron chi connectivity index (χ0n) is 18.6. The van der Waals surface area contributed by atoms with Crippen molar-refractivity contribution in [2.75, 3.05) is 13.1 Å². The molecular formula is C24H27ClN2O5S. The fourth-order valence-corrected chi connectivity index (χ4v) is 6.08. The van der Waals surface area contributed by atoms with Crippen LogP contribution in [-0.4, -0.2) is 47.6 Å². The molecule has 1 N–H and O–H groups in total. The molecule has 1 fully saturated rings. The van der Waals surface area contributed by atoms with Crippen LogP contribution in [0.4, 0.5) is 0 Å². The van der Waals surface area contributed by atoms with Gasteiger partial charge in [0.25, 0.3) is 0 Å². The number of ether oxygens (including phenoxy) is 1. The molecule has 0 spiro atoms. The summed E-state index contributed by atoms with van der Waals surface area (Å²) in [6.45, 7) is 4.56. The van der Waals surface area contributed by atoms with Gasteiger partial charge in [-0.1, -0.05) is 17.7 Å². The summed E-state index contributed by atoms with van der Waals surface area (Å²) in [6, 6.07) is 12.0. The molecule has 9 heteroatoms. The molecule has 0 saturated carbocycles. The highest BCUT2D eigenvalue weighted by Gasteiger charge is 2.33. The summed E-state index contributed by atoms with van der Waals surface area (Å²) in [4.78, 5) is 11.5. The molecule has 4 rings (SSSR count). The molecule has 0 bridgehead atoms. The van der Waals surface area contributed by atoms with Crippen molar-refractivity contribution >= 4 is 38.5 Å². The van der Waals surface area contributed by atoms with Gasteiger partial charge in [-0.15, -0.1) is 0 Å². The number of carbonyl (C=O) groups is 1. The smallest absolute Gasteiger partial charge is 0.323 e. The van der Waals surface area contributed by atoms with Gasteiger partial charge in [0, 0.05) is 29.7 Å². The van der Waals surface area contributed by atoms with E-state index < -0.39 is 16.0 Å². The summed E-state index contributed by atoms with van der Waals surface area (Å²) < 4.78 is 35.1. The van der Waals surface area contributed by atoms with Crippen LogP contribution in [0.15, 0.2) is 53.6 Å². The van der Waals surface area contributed by atoms with E-state index in [-0.39, 0.29) is 23.5 Å². The van der Waals surface area contributed by atoms with E-state index in [2.05, 4.69) is 0 Å². The Kier molecular flexibility index (Phi) is 6.70. The fourth-order valence-electron chi connectivity index (χ4n) is 4.38. The van der Waals surface area contributed by atoms with E-state index >= 15 is 0 Å². The number of aliphatic carboxylic acids is 1. The Morgan fingerprint density at radius 3 is 2.61 bits per heavy atom. The molecule has 1 unspecified atom stereocenters. The second kappa shape index (κ2) is 9.37. The first-order valence-corrected chi connectivity index (χ1v) is 12.7. The first-order chi connectivity index (χ1) is 15.6. The van der Waals surface area contributed by atoms with Crippen molar-refractivity contribution in [2.45, 2.75) is 44.2 Å². The highest BCUT2D eigenvalue weighted by atomic mass is 35.5. The largest absolute Gasteiger partial charge is 0.491 e. The summed E-state index contributed by atoms with van der Waals surface area (Å²) in [7, 11) is -3.59. The number of sulfonamides is 1. The van der Waals surface area contributed by atoms with Gasteiger partial charge in [-0.05, 0) is 74.6 Å². The van der Waals surface area contributed by atoms with Gasteiger partial charge >= 0.3 is 5.97 Å². The van der Waals surface area contributed by atoms with Gasteiger partial charge in [0.15, 0.2) is 0 Å². The first-order valence-electron chi connectivity index (χ1n) is 10.9. The van der Waals surface area contributed by atoms with Crippen LogP contribution in [0.5, 0.6) is 5.75 Å². The number of carboxylic acids is 1. The third-order valence-corrected chi connectivity index (χ3v) is 7.94. The lowest BCUT2D eigenvalue weighted by atomic mass is 9.98. The molecule has 1 aromatic heterocycles. The number of hydrogen-bond acceptors (Lipinski definition) is 4. The summed E-state index contributed by atoms with van der Waals surface area (Å²) in [6.07, 6.45) is 3.27. The minimum absolute atomic E-state index is 0.0178. The monoisotopic (exact) mass is 490 g/mol. The summed E-state index contributed by atoms with van der Waals surface area (Å²) >= 11 is 6.13. The number of nitrogens with zero attached hydrogens (tertiary/aromatic N) is 2. The lowest BCUT2D eigenvalue weighted by Gasteiger charge is -2.17. The van der Waals surface area contributed by atoms with Gasteiger partial charge in [-0.3, -0.25) is 4.79 Å². The van der Waals surface area contributed by atoms with Crippen LogP contribution in [0, 0.1) is 5.92 Å². The third-order valence-electron chi connectivity index (χ3n) is 5.82. The van der Waals surface area contributed by atoms with Crippen molar-refractivity contribution in [3.63, 3.8) is 0 Å². The van der Waals surface area contributed by atoms with Gasteiger partial charge in [0.1, 0.15) is 12.3 Å². The number of fused-ring (bicyclic) bond motifs is 1. The van der Waals surface area contributed by atoms with E-state index in [0.29, 0.717) is 30.3 Å². The summed E-state index contributed by atoms with van der Waals surface area (Å²) in [5.41, 5.74) is 1.77. The van der Waals surface area contributed by atoms with Gasteiger partial charge in [0.05, 0.1) is 16.5 Å². The minimum atomic E-state index is -3.59.